The van der Waals surface area contributed by atoms with Gasteiger partial charge in [-0.3, -0.25) is 0 Å². The molecule has 0 nitrogen and oxygen atoms in total. The summed E-state index contributed by atoms with van der Waals surface area (Å²) >= 11 is 3.22. The van der Waals surface area contributed by atoms with Gasteiger partial charge in [0.1, 0.15) is 11.6 Å². The van der Waals surface area contributed by atoms with Crippen LogP contribution in [-0.2, 0) is 0 Å². The largest absolute Gasteiger partial charge is 0.207 e. The molecule has 0 bridgehead atoms. The Balaban J connectivity index is 3.08. The highest BCUT2D eigenvalue weighted by atomic mass is 79.9. The van der Waals surface area contributed by atoms with Crippen LogP contribution in [0.4, 0.5) is 8.78 Å². The van der Waals surface area contributed by atoms with Gasteiger partial charge in [0.2, 0.25) is 0 Å². The van der Waals surface area contributed by atoms with Crippen LogP contribution in [0.1, 0.15) is 17.3 Å². The average molecular weight is 221 g/mol. The molecular formula is C8H7BrF2. The quantitative estimate of drug-likeness (QED) is 0.637. The topological polar surface area (TPSA) is 0 Å². The van der Waals surface area contributed by atoms with Gasteiger partial charge in [0.15, 0.2) is 0 Å². The maximum Gasteiger partial charge on any atom is 0.126 e. The second-order valence-corrected chi connectivity index (χ2v) is 3.69. The van der Waals surface area contributed by atoms with Crippen LogP contribution in [0.3, 0.4) is 0 Å². The van der Waals surface area contributed by atoms with E-state index in [-0.39, 0.29) is 4.83 Å². The van der Waals surface area contributed by atoms with Crippen LogP contribution in [0.2, 0.25) is 0 Å². The normalized spacial score (nSPS) is 13.1. The molecule has 0 spiro atoms. The summed E-state index contributed by atoms with van der Waals surface area (Å²) in [4.78, 5) is -0.0206. The van der Waals surface area contributed by atoms with E-state index in [9.17, 15) is 8.78 Å². The molecule has 0 radical (unpaired) electrons. The molecule has 1 aromatic carbocycles. The third-order valence-corrected chi connectivity index (χ3v) is 1.87. The first-order valence-corrected chi connectivity index (χ1v) is 4.11. The maximum absolute atomic E-state index is 12.5. The summed E-state index contributed by atoms with van der Waals surface area (Å²) in [5.41, 5.74) is 0.613. The molecule has 0 saturated carbocycles. The Morgan fingerprint density at radius 3 is 2.00 bits per heavy atom. The summed E-state index contributed by atoms with van der Waals surface area (Å²) in [7, 11) is 0. The zero-order valence-electron chi connectivity index (χ0n) is 5.94. The molecule has 1 unspecified atom stereocenters. The van der Waals surface area contributed by atoms with Crippen LogP contribution in [-0.4, -0.2) is 0 Å². The smallest absolute Gasteiger partial charge is 0.126 e. The molecule has 60 valence electrons. The van der Waals surface area contributed by atoms with Gasteiger partial charge in [-0.25, -0.2) is 8.78 Å². The second kappa shape index (κ2) is 3.30. The van der Waals surface area contributed by atoms with E-state index in [0.29, 0.717) is 5.56 Å². The predicted octanol–water partition coefficient (Wildman–Crippen LogP) is 3.42. The summed E-state index contributed by atoms with van der Waals surface area (Å²) < 4.78 is 25.1. The molecule has 3 heteroatoms. The summed E-state index contributed by atoms with van der Waals surface area (Å²) in [6.45, 7) is 1.81. The van der Waals surface area contributed by atoms with Gasteiger partial charge in [-0.1, -0.05) is 15.9 Å². The first-order chi connectivity index (χ1) is 5.09. The first-order valence-electron chi connectivity index (χ1n) is 3.19. The van der Waals surface area contributed by atoms with Gasteiger partial charge in [0.05, 0.1) is 0 Å². The van der Waals surface area contributed by atoms with E-state index in [4.69, 9.17) is 0 Å². The minimum absolute atomic E-state index is 0.0206. The van der Waals surface area contributed by atoms with Crippen molar-refractivity contribution in [2.45, 2.75) is 11.8 Å². The van der Waals surface area contributed by atoms with E-state index in [2.05, 4.69) is 15.9 Å². The van der Waals surface area contributed by atoms with Crippen molar-refractivity contribution in [3.63, 3.8) is 0 Å². The third kappa shape index (κ3) is 2.26. The van der Waals surface area contributed by atoms with E-state index in [1.54, 1.807) is 0 Å². The molecule has 0 aliphatic rings. The van der Waals surface area contributed by atoms with Crippen molar-refractivity contribution < 1.29 is 8.78 Å². The molecule has 0 aliphatic heterocycles. The molecule has 1 rings (SSSR count). The van der Waals surface area contributed by atoms with E-state index in [1.165, 1.54) is 12.1 Å². The molecule has 0 N–H and O–H groups in total. The minimum Gasteiger partial charge on any atom is -0.207 e. The standard InChI is InChI=1S/C8H7BrF2/c1-5(9)6-2-7(10)4-8(11)3-6/h2-5H,1H3. The average Bonchev–Trinajstić information content (AvgIpc) is 1.85. The van der Waals surface area contributed by atoms with Crippen molar-refractivity contribution in [1.29, 1.82) is 0 Å². The van der Waals surface area contributed by atoms with Crippen LogP contribution < -0.4 is 0 Å². The Morgan fingerprint density at radius 1 is 1.18 bits per heavy atom. The third-order valence-electron chi connectivity index (χ3n) is 1.34. The molecule has 11 heavy (non-hydrogen) atoms. The number of hydrogen-bond donors (Lipinski definition) is 0. The molecule has 0 amide bonds. The second-order valence-electron chi connectivity index (χ2n) is 2.32. The van der Waals surface area contributed by atoms with Crippen molar-refractivity contribution in [2.75, 3.05) is 0 Å². The summed E-state index contributed by atoms with van der Waals surface area (Å²) in [6.07, 6.45) is 0. The summed E-state index contributed by atoms with van der Waals surface area (Å²) in [6, 6.07) is 3.48. The van der Waals surface area contributed by atoms with E-state index in [0.717, 1.165) is 6.07 Å². The fraction of sp³-hybridized carbons (Fsp3) is 0.250. The van der Waals surface area contributed by atoms with Gasteiger partial charge in [0, 0.05) is 10.9 Å². The van der Waals surface area contributed by atoms with Crippen LogP contribution in [0.25, 0.3) is 0 Å². The van der Waals surface area contributed by atoms with E-state index in [1.807, 2.05) is 6.92 Å². The molecule has 1 atom stereocenters. The number of alkyl halides is 1. The Kier molecular flexibility index (Phi) is 2.60. The highest BCUT2D eigenvalue weighted by molar-refractivity contribution is 9.09. The lowest BCUT2D eigenvalue weighted by molar-refractivity contribution is 0.580. The van der Waals surface area contributed by atoms with E-state index < -0.39 is 11.6 Å². The molecule has 0 saturated heterocycles. The molecule has 1 aromatic rings. The van der Waals surface area contributed by atoms with Gasteiger partial charge in [-0.15, -0.1) is 0 Å². The van der Waals surface area contributed by atoms with Crippen LogP contribution >= 0.6 is 15.9 Å². The van der Waals surface area contributed by atoms with Crippen molar-refractivity contribution in [2.24, 2.45) is 0 Å². The molecule has 0 fully saturated rings. The highest BCUT2D eigenvalue weighted by Gasteiger charge is 2.04. The summed E-state index contributed by atoms with van der Waals surface area (Å²) in [5, 5.41) is 0. The van der Waals surface area contributed by atoms with Crippen LogP contribution in [0, 0.1) is 11.6 Å². The zero-order valence-corrected chi connectivity index (χ0v) is 7.53. The molecule has 0 aromatic heterocycles. The lowest BCUT2D eigenvalue weighted by Crippen LogP contribution is -1.87. The summed E-state index contributed by atoms with van der Waals surface area (Å²) in [5.74, 6) is -1.07. The van der Waals surface area contributed by atoms with Gasteiger partial charge >= 0.3 is 0 Å². The predicted molar refractivity (Wildman–Crippen MR) is 43.7 cm³/mol. The van der Waals surface area contributed by atoms with Crippen LogP contribution in [0.15, 0.2) is 18.2 Å². The van der Waals surface area contributed by atoms with Gasteiger partial charge < -0.3 is 0 Å². The minimum atomic E-state index is -0.536. The van der Waals surface area contributed by atoms with Crippen LogP contribution in [0.5, 0.6) is 0 Å². The van der Waals surface area contributed by atoms with Crippen molar-refractivity contribution >= 4 is 15.9 Å². The van der Waals surface area contributed by atoms with Crippen molar-refractivity contribution in [1.82, 2.24) is 0 Å². The lowest BCUT2D eigenvalue weighted by Gasteiger charge is -2.02. The van der Waals surface area contributed by atoms with Gasteiger partial charge in [-0.2, -0.15) is 0 Å². The van der Waals surface area contributed by atoms with Crippen molar-refractivity contribution in [3.05, 3.63) is 35.4 Å². The van der Waals surface area contributed by atoms with Crippen molar-refractivity contribution in [3.8, 4) is 0 Å². The number of halogens is 3. The van der Waals surface area contributed by atoms with Gasteiger partial charge in [-0.05, 0) is 24.6 Å². The lowest BCUT2D eigenvalue weighted by atomic mass is 10.2. The molecule has 0 aliphatic carbocycles. The first kappa shape index (κ1) is 8.65. The number of hydrogen-bond acceptors (Lipinski definition) is 0. The fourth-order valence-electron chi connectivity index (χ4n) is 0.805. The highest BCUT2D eigenvalue weighted by Crippen LogP contribution is 2.22. The Labute approximate surface area is 72.4 Å². The number of rotatable bonds is 1. The molecular weight excluding hydrogens is 214 g/mol. The monoisotopic (exact) mass is 220 g/mol. The Bertz CT molecular complexity index is 238. The Morgan fingerprint density at radius 2 is 1.64 bits per heavy atom. The SMILES string of the molecule is CC(Br)c1cc(F)cc(F)c1. The number of benzene rings is 1. The zero-order chi connectivity index (χ0) is 8.43. The Hall–Kier alpha value is -0.440. The maximum atomic E-state index is 12.5. The van der Waals surface area contributed by atoms with E-state index >= 15 is 0 Å². The molecule has 0 heterocycles. The van der Waals surface area contributed by atoms with Gasteiger partial charge in [0.25, 0.3) is 0 Å². The fourth-order valence-corrected chi connectivity index (χ4v) is 1.07.